The smallest absolute Gasteiger partial charge is 0.165 e. The first-order valence-electron chi connectivity index (χ1n) is 7.54. The molecular formula is C16H14N8O. The fraction of sp³-hybridized carbons (Fsp3) is 0.188. The van der Waals surface area contributed by atoms with Gasteiger partial charge in [0.05, 0.1) is 42.2 Å². The Kier molecular flexibility index (Phi) is 3.25. The molecule has 0 spiro atoms. The van der Waals surface area contributed by atoms with Crippen molar-refractivity contribution in [2.75, 3.05) is 5.32 Å². The molecular weight excluding hydrogens is 320 g/mol. The molecule has 4 rings (SSSR count). The number of nitrogens with one attached hydrogen (secondary N) is 2. The van der Waals surface area contributed by atoms with Crippen LogP contribution in [0.5, 0.6) is 0 Å². The van der Waals surface area contributed by atoms with Crippen LogP contribution in [-0.2, 0) is 5.54 Å². The van der Waals surface area contributed by atoms with E-state index < -0.39 is 5.54 Å². The van der Waals surface area contributed by atoms with Gasteiger partial charge in [0.1, 0.15) is 22.8 Å². The molecule has 2 N–H and O–H groups in total. The minimum absolute atomic E-state index is 0.523. The van der Waals surface area contributed by atoms with Gasteiger partial charge in [-0.3, -0.25) is 9.78 Å². The zero-order valence-corrected chi connectivity index (χ0v) is 13.6. The lowest BCUT2D eigenvalue weighted by Gasteiger charge is -2.15. The number of nitriles is 1. The molecule has 25 heavy (non-hydrogen) atoms. The number of aromatic amines is 1. The van der Waals surface area contributed by atoms with E-state index in [-0.39, 0.29) is 0 Å². The van der Waals surface area contributed by atoms with Gasteiger partial charge in [-0.15, -0.1) is 0 Å². The molecule has 0 aliphatic rings. The highest BCUT2D eigenvalue weighted by molar-refractivity contribution is 5.88. The molecule has 0 saturated carbocycles. The van der Waals surface area contributed by atoms with Crippen LogP contribution in [0, 0.1) is 11.3 Å². The third-order valence-electron chi connectivity index (χ3n) is 3.77. The Morgan fingerprint density at radius 2 is 2.20 bits per heavy atom. The Labute approximate surface area is 142 Å². The molecule has 4 aromatic rings. The summed E-state index contributed by atoms with van der Waals surface area (Å²) in [6.45, 7) is 3.58. The molecule has 0 aliphatic carbocycles. The maximum absolute atomic E-state index is 9.23. The lowest BCUT2D eigenvalue weighted by Crippen LogP contribution is -2.24. The number of anilines is 2. The van der Waals surface area contributed by atoms with Crippen molar-refractivity contribution in [1.82, 2.24) is 29.9 Å². The molecule has 0 radical (unpaired) electrons. The van der Waals surface area contributed by atoms with Gasteiger partial charge in [0.25, 0.3) is 0 Å². The van der Waals surface area contributed by atoms with E-state index in [1.54, 1.807) is 55.7 Å². The largest absolute Gasteiger partial charge is 0.472 e. The van der Waals surface area contributed by atoms with Gasteiger partial charge >= 0.3 is 0 Å². The average molecular weight is 334 g/mol. The van der Waals surface area contributed by atoms with Crippen LogP contribution in [-0.4, -0.2) is 29.9 Å². The third-order valence-corrected chi connectivity index (χ3v) is 3.77. The van der Waals surface area contributed by atoms with Gasteiger partial charge < -0.3 is 9.73 Å². The predicted molar refractivity (Wildman–Crippen MR) is 89.8 cm³/mol. The highest BCUT2D eigenvalue weighted by Gasteiger charge is 2.20. The van der Waals surface area contributed by atoms with E-state index in [4.69, 9.17) is 4.42 Å². The fourth-order valence-corrected chi connectivity index (χ4v) is 2.33. The topological polar surface area (TPSA) is 121 Å². The zero-order chi connectivity index (χ0) is 17.4. The van der Waals surface area contributed by atoms with Crippen molar-refractivity contribution in [2.45, 2.75) is 19.4 Å². The van der Waals surface area contributed by atoms with Gasteiger partial charge in [0.2, 0.25) is 0 Å². The molecule has 4 heterocycles. The Morgan fingerprint density at radius 1 is 1.32 bits per heavy atom. The summed E-state index contributed by atoms with van der Waals surface area (Å²) in [6, 6.07) is 4.00. The molecule has 0 saturated heterocycles. The Morgan fingerprint density at radius 3 is 2.96 bits per heavy atom. The van der Waals surface area contributed by atoms with Crippen LogP contribution in [0.2, 0.25) is 0 Å². The van der Waals surface area contributed by atoms with Crippen molar-refractivity contribution in [3.05, 3.63) is 37.2 Å². The standard InChI is InChI=1S/C16H14N8O/c1-16(2,9-17)24-7-11(5-19-24)20-15-13-12(6-18-23-13)21-14(22-15)10-3-4-25-8-10/h3-8H,1-2H3,(H,18,23)(H,20,21,22). The van der Waals surface area contributed by atoms with E-state index in [2.05, 4.69) is 36.7 Å². The van der Waals surface area contributed by atoms with E-state index in [9.17, 15) is 5.26 Å². The Balaban J connectivity index is 1.74. The molecule has 0 amide bonds. The maximum Gasteiger partial charge on any atom is 0.165 e. The molecule has 0 aromatic carbocycles. The summed E-state index contributed by atoms with van der Waals surface area (Å²) in [6.07, 6.45) is 8.18. The second kappa shape index (κ2) is 5.45. The summed E-state index contributed by atoms with van der Waals surface area (Å²) in [5.41, 5.74) is 2.10. The van der Waals surface area contributed by atoms with Gasteiger partial charge in [-0.05, 0) is 19.9 Å². The zero-order valence-electron chi connectivity index (χ0n) is 13.6. The normalized spacial score (nSPS) is 11.6. The van der Waals surface area contributed by atoms with Crippen LogP contribution in [0.4, 0.5) is 11.5 Å². The van der Waals surface area contributed by atoms with Gasteiger partial charge in [-0.2, -0.15) is 15.5 Å². The number of hydrogen-bond acceptors (Lipinski definition) is 7. The van der Waals surface area contributed by atoms with Crippen molar-refractivity contribution in [3.63, 3.8) is 0 Å². The Hall–Kier alpha value is -3.67. The summed E-state index contributed by atoms with van der Waals surface area (Å²) < 4.78 is 6.70. The first-order valence-corrected chi connectivity index (χ1v) is 7.54. The summed E-state index contributed by atoms with van der Waals surface area (Å²) in [5.74, 6) is 1.09. The van der Waals surface area contributed by atoms with Gasteiger partial charge in [-0.25, -0.2) is 9.97 Å². The van der Waals surface area contributed by atoms with E-state index in [0.29, 0.717) is 28.4 Å². The van der Waals surface area contributed by atoms with E-state index in [1.165, 1.54) is 0 Å². The number of furan rings is 1. The van der Waals surface area contributed by atoms with Crippen molar-refractivity contribution in [1.29, 1.82) is 5.26 Å². The Bertz CT molecular complexity index is 1070. The first-order chi connectivity index (χ1) is 12.1. The SMILES string of the molecule is CC(C)(C#N)n1cc(Nc2nc(-c3ccoc3)nc3cn[nH]c23)cn1. The minimum atomic E-state index is -0.739. The molecule has 9 nitrogen and oxygen atoms in total. The number of aromatic nitrogens is 6. The molecule has 0 fully saturated rings. The average Bonchev–Trinajstić information content (AvgIpc) is 3.35. The van der Waals surface area contributed by atoms with Gasteiger partial charge in [-0.1, -0.05) is 0 Å². The molecule has 0 bridgehead atoms. The molecule has 124 valence electrons. The van der Waals surface area contributed by atoms with Crippen LogP contribution in [0.1, 0.15) is 13.8 Å². The predicted octanol–water partition coefficient (Wildman–Crippen LogP) is 2.81. The summed E-state index contributed by atoms with van der Waals surface area (Å²) >= 11 is 0. The highest BCUT2D eigenvalue weighted by atomic mass is 16.3. The molecule has 0 atom stereocenters. The van der Waals surface area contributed by atoms with Crippen molar-refractivity contribution in [2.24, 2.45) is 0 Å². The number of fused-ring (bicyclic) bond motifs is 1. The van der Waals surface area contributed by atoms with Crippen LogP contribution in [0.3, 0.4) is 0 Å². The first kappa shape index (κ1) is 14.9. The molecule has 4 aromatic heterocycles. The monoisotopic (exact) mass is 334 g/mol. The highest BCUT2D eigenvalue weighted by Crippen LogP contribution is 2.26. The van der Waals surface area contributed by atoms with Crippen LogP contribution >= 0.6 is 0 Å². The van der Waals surface area contributed by atoms with E-state index >= 15 is 0 Å². The molecule has 9 heteroatoms. The quantitative estimate of drug-likeness (QED) is 0.588. The van der Waals surface area contributed by atoms with Gasteiger partial charge in [0, 0.05) is 0 Å². The van der Waals surface area contributed by atoms with Crippen molar-refractivity contribution in [3.8, 4) is 17.5 Å². The fourth-order valence-electron chi connectivity index (χ4n) is 2.33. The van der Waals surface area contributed by atoms with Crippen molar-refractivity contribution < 1.29 is 4.42 Å². The third kappa shape index (κ3) is 2.59. The minimum Gasteiger partial charge on any atom is -0.472 e. The summed E-state index contributed by atoms with van der Waals surface area (Å²) in [4.78, 5) is 9.02. The van der Waals surface area contributed by atoms with E-state index in [0.717, 1.165) is 5.56 Å². The van der Waals surface area contributed by atoms with Crippen molar-refractivity contribution >= 4 is 22.5 Å². The van der Waals surface area contributed by atoms with Crippen LogP contribution < -0.4 is 5.32 Å². The number of rotatable bonds is 4. The summed E-state index contributed by atoms with van der Waals surface area (Å²) in [5, 5.41) is 23.6. The molecule has 0 unspecified atom stereocenters. The summed E-state index contributed by atoms with van der Waals surface area (Å²) in [7, 11) is 0. The number of nitrogens with zero attached hydrogens (tertiary/aromatic N) is 6. The van der Waals surface area contributed by atoms with Crippen LogP contribution in [0.15, 0.2) is 41.6 Å². The van der Waals surface area contributed by atoms with Crippen LogP contribution in [0.25, 0.3) is 22.4 Å². The number of hydrogen-bond donors (Lipinski definition) is 2. The van der Waals surface area contributed by atoms with E-state index in [1.807, 2.05) is 0 Å². The lowest BCUT2D eigenvalue weighted by atomic mass is 10.1. The number of H-pyrrole nitrogens is 1. The second-order valence-corrected chi connectivity index (χ2v) is 6.01. The maximum atomic E-state index is 9.23. The molecule has 0 aliphatic heterocycles. The second-order valence-electron chi connectivity index (χ2n) is 6.01. The van der Waals surface area contributed by atoms with Gasteiger partial charge in [0.15, 0.2) is 11.6 Å². The lowest BCUT2D eigenvalue weighted by molar-refractivity contribution is 0.419.